The van der Waals surface area contributed by atoms with Gasteiger partial charge in [-0.15, -0.1) is 0 Å². The Hall–Kier alpha value is -1.31. The van der Waals surface area contributed by atoms with Crippen LogP contribution in [0.3, 0.4) is 0 Å². The van der Waals surface area contributed by atoms with Gasteiger partial charge in [0.15, 0.2) is 0 Å². The van der Waals surface area contributed by atoms with Crippen LogP contribution < -0.4 is 4.74 Å². The van der Waals surface area contributed by atoms with Crippen LogP contribution >= 0.6 is 0 Å². The third-order valence-electron chi connectivity index (χ3n) is 3.44. The normalized spacial score (nSPS) is 33.1. The molecule has 2 bridgehead atoms. The summed E-state index contributed by atoms with van der Waals surface area (Å²) in [6.07, 6.45) is 2.24. The van der Waals surface area contributed by atoms with Crippen molar-refractivity contribution in [2.24, 2.45) is 0 Å². The first-order chi connectivity index (χ1) is 7.16. The number of fused-ring (bicyclic) bond motifs is 4. The van der Waals surface area contributed by atoms with Gasteiger partial charge in [0.1, 0.15) is 17.1 Å². The number of hydrogen-bond acceptors (Lipinski definition) is 2. The highest BCUT2D eigenvalue weighted by Gasteiger charge is 2.43. The maximum absolute atomic E-state index is 11.6. The van der Waals surface area contributed by atoms with Crippen LogP contribution in [-0.2, 0) is 4.79 Å². The van der Waals surface area contributed by atoms with E-state index >= 15 is 0 Å². The molecule has 0 saturated heterocycles. The minimum Gasteiger partial charge on any atom is -0.487 e. The zero-order chi connectivity index (χ0) is 10.5. The Labute approximate surface area is 89.2 Å². The molecule has 0 aromatic heterocycles. The number of ketones is 1. The Bertz CT molecular complexity index is 424. The molecule has 15 heavy (non-hydrogen) atoms. The molecule has 1 aliphatic heterocycles. The fourth-order valence-corrected chi connectivity index (χ4v) is 2.90. The van der Waals surface area contributed by atoms with E-state index in [1.165, 1.54) is 5.56 Å². The summed E-state index contributed by atoms with van der Waals surface area (Å²) < 4.78 is 5.94. The van der Waals surface area contributed by atoms with E-state index in [4.69, 9.17) is 4.74 Å². The zero-order valence-electron chi connectivity index (χ0n) is 8.82. The number of ether oxygens (including phenoxy) is 1. The monoisotopic (exact) mass is 202 g/mol. The number of benzene rings is 1. The van der Waals surface area contributed by atoms with Gasteiger partial charge in [-0.25, -0.2) is 0 Å². The largest absolute Gasteiger partial charge is 0.487 e. The predicted molar refractivity (Wildman–Crippen MR) is 57.1 cm³/mol. The lowest BCUT2D eigenvalue weighted by Gasteiger charge is -2.43. The fraction of sp³-hybridized carbons (Fsp3) is 0.462. The van der Waals surface area contributed by atoms with Gasteiger partial charge in [0.25, 0.3) is 0 Å². The molecule has 0 N–H and O–H groups in total. The lowest BCUT2D eigenvalue weighted by Crippen LogP contribution is -2.44. The Morgan fingerprint density at radius 1 is 1.40 bits per heavy atom. The average molecular weight is 202 g/mol. The van der Waals surface area contributed by atoms with Crippen molar-refractivity contribution < 1.29 is 9.53 Å². The molecule has 1 saturated carbocycles. The van der Waals surface area contributed by atoms with Gasteiger partial charge in [-0.05, 0) is 30.9 Å². The zero-order valence-corrected chi connectivity index (χ0v) is 8.82. The molecule has 0 radical (unpaired) electrons. The third kappa shape index (κ3) is 1.36. The van der Waals surface area contributed by atoms with Crippen molar-refractivity contribution in [1.82, 2.24) is 0 Å². The van der Waals surface area contributed by atoms with E-state index in [1.807, 2.05) is 25.1 Å². The first-order valence-electron chi connectivity index (χ1n) is 5.46. The highest BCUT2D eigenvalue weighted by molar-refractivity contribution is 5.82. The highest BCUT2D eigenvalue weighted by atomic mass is 16.5. The SMILES string of the molecule is C[C@@]12CC(=O)C[C@@H](C1)c1ccccc1O2. The van der Waals surface area contributed by atoms with Gasteiger partial charge >= 0.3 is 0 Å². The summed E-state index contributed by atoms with van der Waals surface area (Å²) >= 11 is 0. The second kappa shape index (κ2) is 2.84. The first kappa shape index (κ1) is 8.96. The van der Waals surface area contributed by atoms with E-state index in [0.29, 0.717) is 24.5 Å². The summed E-state index contributed by atoms with van der Waals surface area (Å²) in [4.78, 5) is 11.6. The van der Waals surface area contributed by atoms with Crippen LogP contribution in [0, 0.1) is 0 Å². The van der Waals surface area contributed by atoms with Crippen LogP contribution in [0.1, 0.15) is 37.7 Å². The molecule has 2 nitrogen and oxygen atoms in total. The van der Waals surface area contributed by atoms with Crippen molar-refractivity contribution in [2.45, 2.75) is 37.7 Å². The number of rotatable bonds is 0. The van der Waals surface area contributed by atoms with Crippen LogP contribution in [0.25, 0.3) is 0 Å². The number of hydrogen-bond donors (Lipinski definition) is 0. The van der Waals surface area contributed by atoms with Gasteiger partial charge in [0.2, 0.25) is 0 Å². The summed E-state index contributed by atoms with van der Waals surface area (Å²) in [5, 5.41) is 0. The summed E-state index contributed by atoms with van der Waals surface area (Å²) in [6, 6.07) is 8.10. The minimum atomic E-state index is -0.256. The van der Waals surface area contributed by atoms with Gasteiger partial charge in [-0.3, -0.25) is 4.79 Å². The topological polar surface area (TPSA) is 26.3 Å². The van der Waals surface area contributed by atoms with Crippen molar-refractivity contribution >= 4 is 5.78 Å². The van der Waals surface area contributed by atoms with Crippen LogP contribution in [0.4, 0.5) is 0 Å². The van der Waals surface area contributed by atoms with Crippen molar-refractivity contribution in [3.63, 3.8) is 0 Å². The van der Waals surface area contributed by atoms with Gasteiger partial charge < -0.3 is 4.74 Å². The molecule has 2 heteroatoms. The summed E-state index contributed by atoms with van der Waals surface area (Å²) in [5.74, 6) is 1.69. The van der Waals surface area contributed by atoms with E-state index in [1.54, 1.807) is 0 Å². The summed E-state index contributed by atoms with van der Waals surface area (Å²) in [6.45, 7) is 2.05. The molecule has 0 amide bonds. The van der Waals surface area contributed by atoms with Crippen LogP contribution in [0.2, 0.25) is 0 Å². The maximum Gasteiger partial charge on any atom is 0.137 e. The van der Waals surface area contributed by atoms with Gasteiger partial charge in [0, 0.05) is 12.8 Å². The first-order valence-corrected chi connectivity index (χ1v) is 5.46. The molecule has 78 valence electrons. The highest BCUT2D eigenvalue weighted by Crippen LogP contribution is 2.47. The number of carbonyl (C=O) groups excluding carboxylic acids is 1. The maximum atomic E-state index is 11.6. The van der Waals surface area contributed by atoms with Gasteiger partial charge in [-0.1, -0.05) is 18.2 Å². The molecule has 1 aliphatic carbocycles. The smallest absolute Gasteiger partial charge is 0.137 e. The second-order valence-corrected chi connectivity index (χ2v) is 4.91. The van der Waals surface area contributed by atoms with E-state index < -0.39 is 0 Å². The predicted octanol–water partition coefficient (Wildman–Crippen LogP) is 2.67. The molecule has 1 aromatic rings. The minimum absolute atomic E-state index is 0.256. The van der Waals surface area contributed by atoms with Crippen LogP contribution in [0.5, 0.6) is 5.75 Å². The number of para-hydroxylation sites is 1. The van der Waals surface area contributed by atoms with E-state index in [-0.39, 0.29) is 5.60 Å². The van der Waals surface area contributed by atoms with Crippen molar-refractivity contribution in [3.05, 3.63) is 29.8 Å². The molecular formula is C13H14O2. The fourth-order valence-electron chi connectivity index (χ4n) is 2.90. The average Bonchev–Trinajstić information content (AvgIpc) is 2.15. The van der Waals surface area contributed by atoms with Gasteiger partial charge in [-0.2, -0.15) is 0 Å². The van der Waals surface area contributed by atoms with Crippen LogP contribution in [0.15, 0.2) is 24.3 Å². The Morgan fingerprint density at radius 3 is 3.07 bits per heavy atom. The van der Waals surface area contributed by atoms with E-state index in [9.17, 15) is 4.79 Å². The Kier molecular flexibility index (Phi) is 1.70. The molecular weight excluding hydrogens is 188 g/mol. The number of Topliss-reactive ketones (excluding diaryl/α,β-unsaturated/α-hetero) is 1. The van der Waals surface area contributed by atoms with Crippen molar-refractivity contribution in [3.8, 4) is 5.75 Å². The van der Waals surface area contributed by atoms with Gasteiger partial charge in [0.05, 0.1) is 0 Å². The van der Waals surface area contributed by atoms with Crippen molar-refractivity contribution in [2.75, 3.05) is 0 Å². The standard InChI is InChI=1S/C13H14O2/c1-13-7-9(6-10(14)8-13)11-4-2-3-5-12(11)15-13/h2-5,9H,6-8H2,1H3/t9-,13-/m0/s1. The van der Waals surface area contributed by atoms with E-state index in [2.05, 4.69) is 6.07 Å². The Morgan fingerprint density at radius 2 is 2.20 bits per heavy atom. The Balaban J connectivity index is 2.10. The molecule has 2 aliphatic rings. The quantitative estimate of drug-likeness (QED) is 0.646. The molecule has 1 heterocycles. The second-order valence-electron chi connectivity index (χ2n) is 4.91. The molecule has 0 unspecified atom stereocenters. The lowest BCUT2D eigenvalue weighted by molar-refractivity contribution is -0.127. The summed E-state index contributed by atoms with van der Waals surface area (Å²) in [7, 11) is 0. The van der Waals surface area contributed by atoms with E-state index in [0.717, 1.165) is 12.2 Å². The van der Waals surface area contributed by atoms with Crippen molar-refractivity contribution in [1.29, 1.82) is 0 Å². The molecule has 0 spiro atoms. The molecule has 1 aromatic carbocycles. The summed E-state index contributed by atoms with van der Waals surface area (Å²) in [5.41, 5.74) is 0.956. The third-order valence-corrected chi connectivity index (χ3v) is 3.44. The number of carbonyl (C=O) groups is 1. The lowest BCUT2D eigenvalue weighted by atomic mass is 9.73. The van der Waals surface area contributed by atoms with Crippen LogP contribution in [-0.4, -0.2) is 11.4 Å². The molecule has 2 atom stereocenters. The molecule has 3 rings (SSSR count). The molecule has 1 fully saturated rings.